The average Bonchev–Trinajstić information content (AvgIpc) is 3.22. The monoisotopic (exact) mass is 499 g/mol. The van der Waals surface area contributed by atoms with Gasteiger partial charge in [-0.3, -0.25) is 38.9 Å². The van der Waals surface area contributed by atoms with E-state index in [0.717, 1.165) is 0 Å². The summed E-state index contributed by atoms with van der Waals surface area (Å²) in [5.41, 5.74) is 0.283. The number of hydrogen-bond donors (Lipinski definition) is 8. The molecule has 8 N–H and O–H groups in total. The van der Waals surface area contributed by atoms with Crippen LogP contribution in [-0.4, -0.2) is 105 Å². The fourth-order valence-corrected chi connectivity index (χ4v) is 2.39. The molecule has 1 atom stereocenters. The van der Waals surface area contributed by atoms with E-state index in [-0.39, 0.29) is 18.7 Å². The highest BCUT2D eigenvalue weighted by Gasteiger charge is 2.20. The maximum absolute atomic E-state index is 11.9. The second-order valence-corrected chi connectivity index (χ2v) is 6.91. The standard InChI is InChI=1S/C18H25N7O10/c26-12(20-3-13(27)22-5-16(30)31)2-19-11(18(34)35)1-10-7-25(9-24-10)8-15(29)21-4-14(28)23-6-17(32)33/h7,9,11,19H,1-6,8H2,(H,20,26)(H,21,29)(H,22,27)(H,23,28)(H,30,31)(H,32,33)(H,34,35). The number of carbonyl (C=O) groups excluding carboxylic acids is 4. The van der Waals surface area contributed by atoms with E-state index in [1.807, 2.05) is 5.32 Å². The molecule has 1 unspecified atom stereocenters. The number of nitrogens with one attached hydrogen (secondary N) is 5. The minimum atomic E-state index is -1.28. The Morgan fingerprint density at radius 1 is 0.743 bits per heavy atom. The van der Waals surface area contributed by atoms with E-state index in [1.165, 1.54) is 17.1 Å². The molecule has 0 aliphatic carbocycles. The van der Waals surface area contributed by atoms with Gasteiger partial charge in [-0.15, -0.1) is 0 Å². The van der Waals surface area contributed by atoms with Crippen LogP contribution in [0, 0.1) is 0 Å². The summed E-state index contributed by atoms with van der Waals surface area (Å²) < 4.78 is 1.33. The topological polar surface area (TPSA) is 258 Å². The zero-order valence-electron chi connectivity index (χ0n) is 18.3. The molecule has 0 saturated heterocycles. The van der Waals surface area contributed by atoms with Crippen LogP contribution in [0.25, 0.3) is 0 Å². The number of imidazole rings is 1. The third-order valence-electron chi connectivity index (χ3n) is 4.00. The number of nitrogens with zero attached hydrogens (tertiary/aromatic N) is 2. The van der Waals surface area contributed by atoms with Crippen molar-refractivity contribution in [1.29, 1.82) is 0 Å². The number of hydrogen-bond acceptors (Lipinski definition) is 9. The van der Waals surface area contributed by atoms with Crippen molar-refractivity contribution in [3.8, 4) is 0 Å². The molecule has 1 aromatic heterocycles. The first-order valence-electron chi connectivity index (χ1n) is 9.93. The summed E-state index contributed by atoms with van der Waals surface area (Å²) in [4.78, 5) is 82.6. The van der Waals surface area contributed by atoms with Crippen LogP contribution >= 0.6 is 0 Å². The van der Waals surface area contributed by atoms with Gasteiger partial charge in [-0.05, 0) is 0 Å². The average molecular weight is 499 g/mol. The van der Waals surface area contributed by atoms with Gasteiger partial charge in [0.15, 0.2) is 0 Å². The number of carboxylic acid groups (broad SMARTS) is 3. The van der Waals surface area contributed by atoms with Crippen molar-refractivity contribution in [2.24, 2.45) is 0 Å². The lowest BCUT2D eigenvalue weighted by atomic mass is 10.1. The summed E-state index contributed by atoms with van der Waals surface area (Å²) in [6.07, 6.45) is 2.52. The van der Waals surface area contributed by atoms with Crippen molar-refractivity contribution in [2.45, 2.75) is 19.0 Å². The molecule has 0 saturated carbocycles. The van der Waals surface area contributed by atoms with E-state index in [1.54, 1.807) is 0 Å². The molecule has 0 spiro atoms. The highest BCUT2D eigenvalue weighted by Crippen LogP contribution is 2.02. The van der Waals surface area contributed by atoms with Crippen LogP contribution in [0.4, 0.5) is 0 Å². The van der Waals surface area contributed by atoms with E-state index in [9.17, 15) is 38.7 Å². The van der Waals surface area contributed by atoms with Crippen LogP contribution < -0.4 is 26.6 Å². The molecule has 17 heteroatoms. The molecule has 1 aromatic rings. The molecule has 1 rings (SSSR count). The van der Waals surface area contributed by atoms with Crippen LogP contribution in [-0.2, 0) is 46.5 Å². The SMILES string of the molecule is O=C(O)CNC(=O)CNC(=O)CNC(Cc1cn(CC(=O)NCC(=O)NCC(=O)O)cn1)C(=O)O. The molecular formula is C18H25N7O10. The van der Waals surface area contributed by atoms with E-state index < -0.39 is 80.3 Å². The van der Waals surface area contributed by atoms with Gasteiger partial charge in [-0.2, -0.15) is 0 Å². The van der Waals surface area contributed by atoms with Crippen LogP contribution in [0.15, 0.2) is 12.5 Å². The predicted octanol–water partition coefficient (Wildman–Crippen LogP) is -4.90. The second kappa shape index (κ2) is 14.6. The molecule has 192 valence electrons. The van der Waals surface area contributed by atoms with Crippen molar-refractivity contribution in [3.05, 3.63) is 18.2 Å². The van der Waals surface area contributed by atoms with Crippen molar-refractivity contribution in [1.82, 2.24) is 36.1 Å². The Bertz CT molecular complexity index is 961. The second-order valence-electron chi connectivity index (χ2n) is 6.91. The molecule has 0 radical (unpaired) electrons. The van der Waals surface area contributed by atoms with Gasteiger partial charge >= 0.3 is 17.9 Å². The largest absolute Gasteiger partial charge is 0.480 e. The molecular weight excluding hydrogens is 474 g/mol. The normalized spacial score (nSPS) is 11.1. The van der Waals surface area contributed by atoms with Gasteiger partial charge in [0, 0.05) is 12.6 Å². The molecule has 35 heavy (non-hydrogen) atoms. The molecule has 0 aliphatic heterocycles. The highest BCUT2D eigenvalue weighted by atomic mass is 16.4. The first-order chi connectivity index (χ1) is 16.5. The smallest absolute Gasteiger partial charge is 0.322 e. The molecule has 0 fully saturated rings. The minimum Gasteiger partial charge on any atom is -0.480 e. The van der Waals surface area contributed by atoms with Crippen LogP contribution in [0.2, 0.25) is 0 Å². The fraction of sp³-hybridized carbons (Fsp3) is 0.444. The Kier molecular flexibility index (Phi) is 11.9. The summed E-state index contributed by atoms with van der Waals surface area (Å²) >= 11 is 0. The number of carbonyl (C=O) groups is 7. The third-order valence-corrected chi connectivity index (χ3v) is 4.00. The van der Waals surface area contributed by atoms with Crippen molar-refractivity contribution in [3.63, 3.8) is 0 Å². The molecule has 1 heterocycles. The van der Waals surface area contributed by atoms with E-state index in [4.69, 9.17) is 10.2 Å². The lowest BCUT2D eigenvalue weighted by molar-refractivity contribution is -0.140. The van der Waals surface area contributed by atoms with Crippen LogP contribution in [0.5, 0.6) is 0 Å². The number of amides is 4. The Labute approximate surface area is 197 Å². The van der Waals surface area contributed by atoms with Gasteiger partial charge in [0.05, 0.1) is 31.7 Å². The third kappa shape index (κ3) is 12.9. The first kappa shape index (κ1) is 28.5. The fourth-order valence-electron chi connectivity index (χ4n) is 2.39. The van der Waals surface area contributed by atoms with Gasteiger partial charge < -0.3 is 41.2 Å². The number of aromatic nitrogens is 2. The molecule has 0 bridgehead atoms. The number of rotatable bonds is 16. The zero-order valence-corrected chi connectivity index (χ0v) is 18.3. The minimum absolute atomic E-state index is 0.145. The van der Waals surface area contributed by atoms with Gasteiger partial charge in [0.1, 0.15) is 25.7 Å². The Balaban J connectivity index is 2.45. The van der Waals surface area contributed by atoms with E-state index in [0.29, 0.717) is 0 Å². The van der Waals surface area contributed by atoms with Crippen molar-refractivity contribution in [2.75, 3.05) is 32.7 Å². The number of carboxylic acids is 3. The molecule has 17 nitrogen and oxygen atoms in total. The quantitative estimate of drug-likeness (QED) is 0.106. The van der Waals surface area contributed by atoms with Gasteiger partial charge in [0.2, 0.25) is 23.6 Å². The summed E-state index contributed by atoms with van der Waals surface area (Å²) in [6, 6.07) is -1.23. The maximum Gasteiger partial charge on any atom is 0.322 e. The molecule has 4 amide bonds. The van der Waals surface area contributed by atoms with Gasteiger partial charge in [0.25, 0.3) is 0 Å². The van der Waals surface area contributed by atoms with E-state index >= 15 is 0 Å². The lowest BCUT2D eigenvalue weighted by Crippen LogP contribution is -2.46. The summed E-state index contributed by atoms with van der Waals surface area (Å²) in [5, 5.41) is 37.4. The summed E-state index contributed by atoms with van der Waals surface area (Å²) in [6.45, 7) is -2.79. The Morgan fingerprint density at radius 2 is 1.23 bits per heavy atom. The Hall–Kier alpha value is -4.54. The lowest BCUT2D eigenvalue weighted by Gasteiger charge is -2.13. The highest BCUT2D eigenvalue weighted by molar-refractivity contribution is 5.88. The predicted molar refractivity (Wildman–Crippen MR) is 113 cm³/mol. The van der Waals surface area contributed by atoms with Gasteiger partial charge in [-0.25, -0.2) is 4.98 Å². The van der Waals surface area contributed by atoms with Crippen molar-refractivity contribution >= 4 is 41.5 Å². The summed E-state index contributed by atoms with van der Waals surface area (Å²) in [5.74, 6) is -6.45. The first-order valence-corrected chi connectivity index (χ1v) is 9.93. The van der Waals surface area contributed by atoms with Crippen LogP contribution in [0.1, 0.15) is 5.69 Å². The van der Waals surface area contributed by atoms with Crippen LogP contribution in [0.3, 0.4) is 0 Å². The van der Waals surface area contributed by atoms with E-state index in [2.05, 4.69) is 26.3 Å². The number of aliphatic carboxylic acids is 3. The molecule has 0 aromatic carbocycles. The van der Waals surface area contributed by atoms with Gasteiger partial charge in [-0.1, -0.05) is 0 Å². The molecule has 0 aliphatic rings. The van der Waals surface area contributed by atoms with Crippen molar-refractivity contribution < 1.29 is 48.9 Å². The summed E-state index contributed by atoms with van der Waals surface area (Å²) in [7, 11) is 0. The Morgan fingerprint density at radius 3 is 1.74 bits per heavy atom. The maximum atomic E-state index is 11.9. The zero-order chi connectivity index (χ0) is 26.4.